The quantitative estimate of drug-likeness (QED) is 0.390. The molecule has 0 spiro atoms. The van der Waals surface area contributed by atoms with Gasteiger partial charge in [0.15, 0.2) is 23.3 Å². The zero-order valence-electron chi connectivity index (χ0n) is 14.1. The molecule has 0 fully saturated rings. The van der Waals surface area contributed by atoms with Crippen molar-refractivity contribution in [1.82, 2.24) is 0 Å². The second-order valence-electron chi connectivity index (χ2n) is 6.27. The number of halogens is 5. The van der Waals surface area contributed by atoms with Crippen LogP contribution in [0.4, 0.5) is 22.0 Å². The van der Waals surface area contributed by atoms with Crippen LogP contribution < -0.4 is 0 Å². The summed E-state index contributed by atoms with van der Waals surface area (Å²) in [6.45, 7) is 5.16. The number of aryl methyl sites for hydroxylation is 1. The van der Waals surface area contributed by atoms with Crippen molar-refractivity contribution < 1.29 is 27.1 Å². The van der Waals surface area contributed by atoms with Gasteiger partial charge in [0.05, 0.1) is 0 Å². The van der Waals surface area contributed by atoms with Gasteiger partial charge < -0.3 is 5.11 Å². The Bertz CT molecular complexity index is 759. The summed E-state index contributed by atoms with van der Waals surface area (Å²) in [7, 11) is 0. The monoisotopic (exact) mass is 358 g/mol. The van der Waals surface area contributed by atoms with Gasteiger partial charge in [0.1, 0.15) is 5.75 Å². The van der Waals surface area contributed by atoms with Crippen LogP contribution in [0.15, 0.2) is 18.2 Å². The normalized spacial score (nSPS) is 13.8. The topological polar surface area (TPSA) is 20.2 Å². The number of rotatable bonds is 5. The van der Waals surface area contributed by atoms with Crippen LogP contribution in [0, 0.1) is 36.0 Å². The van der Waals surface area contributed by atoms with E-state index in [2.05, 4.69) is 0 Å². The molecule has 0 aromatic heterocycles. The summed E-state index contributed by atoms with van der Waals surface area (Å²) in [6, 6.07) is 4.93. The van der Waals surface area contributed by atoms with Crippen LogP contribution in [-0.2, 0) is 0 Å². The van der Waals surface area contributed by atoms with Crippen LogP contribution in [0.3, 0.4) is 0 Å². The minimum absolute atomic E-state index is 0.128. The molecule has 2 aromatic carbocycles. The fourth-order valence-corrected chi connectivity index (χ4v) is 3.02. The molecule has 0 aliphatic carbocycles. The highest BCUT2D eigenvalue weighted by Crippen LogP contribution is 2.37. The first-order valence-electron chi connectivity index (χ1n) is 7.99. The Morgan fingerprint density at radius 3 is 1.92 bits per heavy atom. The van der Waals surface area contributed by atoms with E-state index in [9.17, 15) is 27.1 Å². The van der Waals surface area contributed by atoms with Gasteiger partial charge >= 0.3 is 0 Å². The highest BCUT2D eigenvalue weighted by Gasteiger charge is 2.30. The summed E-state index contributed by atoms with van der Waals surface area (Å²) in [6.07, 6.45) is 0.429. The van der Waals surface area contributed by atoms with E-state index in [1.165, 1.54) is 6.07 Å². The number of hydrogen-bond acceptors (Lipinski definition) is 1. The van der Waals surface area contributed by atoms with E-state index in [0.717, 1.165) is 5.56 Å². The van der Waals surface area contributed by atoms with Crippen LogP contribution >= 0.6 is 0 Å². The fourth-order valence-electron chi connectivity index (χ4n) is 3.02. The van der Waals surface area contributed by atoms with Gasteiger partial charge in [-0.05, 0) is 48.8 Å². The molecule has 2 rings (SSSR count). The second kappa shape index (κ2) is 7.42. The van der Waals surface area contributed by atoms with Crippen molar-refractivity contribution in [3.8, 4) is 5.75 Å². The summed E-state index contributed by atoms with van der Waals surface area (Å²) >= 11 is 0. The van der Waals surface area contributed by atoms with Crippen LogP contribution in [0.5, 0.6) is 5.75 Å². The first kappa shape index (κ1) is 19.2. The SMILES string of the molecule is CCC(CC(C)c1ccc(O)c(C)c1)c1c(F)c(F)c(F)c(F)c1F. The average molecular weight is 358 g/mol. The van der Waals surface area contributed by atoms with Gasteiger partial charge in [-0.1, -0.05) is 26.0 Å². The smallest absolute Gasteiger partial charge is 0.200 e. The maximum Gasteiger partial charge on any atom is 0.200 e. The summed E-state index contributed by atoms with van der Waals surface area (Å²) < 4.78 is 68.3. The van der Waals surface area contributed by atoms with E-state index in [4.69, 9.17) is 0 Å². The third kappa shape index (κ3) is 3.62. The predicted molar refractivity (Wildman–Crippen MR) is 85.1 cm³/mol. The molecule has 2 aromatic rings. The van der Waals surface area contributed by atoms with E-state index in [1.807, 2.05) is 0 Å². The van der Waals surface area contributed by atoms with E-state index < -0.39 is 40.6 Å². The molecule has 0 saturated heterocycles. The molecule has 0 radical (unpaired) electrons. The molecule has 2 unspecified atom stereocenters. The van der Waals surface area contributed by atoms with E-state index in [1.54, 1.807) is 32.9 Å². The highest BCUT2D eigenvalue weighted by molar-refractivity contribution is 5.36. The van der Waals surface area contributed by atoms with Gasteiger partial charge in [-0.2, -0.15) is 0 Å². The Labute approximate surface area is 143 Å². The maximum absolute atomic E-state index is 14.1. The van der Waals surface area contributed by atoms with Crippen LogP contribution in [0.25, 0.3) is 0 Å². The largest absolute Gasteiger partial charge is 0.508 e. The first-order valence-corrected chi connectivity index (χ1v) is 7.99. The molecule has 25 heavy (non-hydrogen) atoms. The lowest BCUT2D eigenvalue weighted by Gasteiger charge is -2.22. The number of phenols is 1. The van der Waals surface area contributed by atoms with Crippen LogP contribution in [-0.4, -0.2) is 5.11 Å². The van der Waals surface area contributed by atoms with Gasteiger partial charge in [0, 0.05) is 5.56 Å². The molecule has 0 aliphatic rings. The molecule has 0 saturated carbocycles. The molecule has 1 nitrogen and oxygen atoms in total. The highest BCUT2D eigenvalue weighted by atomic mass is 19.2. The zero-order valence-corrected chi connectivity index (χ0v) is 14.1. The lowest BCUT2D eigenvalue weighted by Crippen LogP contribution is -2.13. The van der Waals surface area contributed by atoms with Gasteiger partial charge in [-0.25, -0.2) is 22.0 Å². The molecule has 0 aliphatic heterocycles. The van der Waals surface area contributed by atoms with Gasteiger partial charge in [-0.15, -0.1) is 0 Å². The fraction of sp³-hybridized carbons (Fsp3) is 0.368. The second-order valence-corrected chi connectivity index (χ2v) is 6.27. The van der Waals surface area contributed by atoms with Crippen molar-refractivity contribution >= 4 is 0 Å². The lowest BCUT2D eigenvalue weighted by molar-refractivity contribution is 0.358. The maximum atomic E-state index is 14.1. The zero-order chi connectivity index (χ0) is 18.9. The van der Waals surface area contributed by atoms with Crippen molar-refractivity contribution in [2.75, 3.05) is 0 Å². The number of benzene rings is 2. The molecule has 0 amide bonds. The number of aromatic hydroxyl groups is 1. The predicted octanol–water partition coefficient (Wildman–Crippen LogP) is 6.08. The standard InChI is InChI=1S/C19H19F5O/c1-4-11(7-9(2)12-5-6-13(25)10(3)8-12)14-15(20)17(22)19(24)18(23)16(14)21/h5-6,8-9,11,25H,4,7H2,1-3H3. The van der Waals surface area contributed by atoms with Crippen LogP contribution in [0.1, 0.15) is 55.2 Å². The van der Waals surface area contributed by atoms with Gasteiger partial charge in [-0.3, -0.25) is 0 Å². The van der Waals surface area contributed by atoms with Gasteiger partial charge in [0.25, 0.3) is 0 Å². The van der Waals surface area contributed by atoms with E-state index in [-0.39, 0.29) is 24.5 Å². The molecular weight excluding hydrogens is 339 g/mol. The number of phenolic OH excluding ortho intramolecular Hbond substituents is 1. The lowest BCUT2D eigenvalue weighted by atomic mass is 9.83. The Morgan fingerprint density at radius 2 is 1.44 bits per heavy atom. The van der Waals surface area contributed by atoms with Gasteiger partial charge in [0.2, 0.25) is 5.82 Å². The third-order valence-electron chi connectivity index (χ3n) is 4.57. The van der Waals surface area contributed by atoms with Crippen molar-refractivity contribution in [2.24, 2.45) is 0 Å². The Balaban J connectivity index is 2.39. The minimum atomic E-state index is -2.14. The minimum Gasteiger partial charge on any atom is -0.508 e. The molecular formula is C19H19F5O. The molecule has 136 valence electrons. The Hall–Kier alpha value is -2.11. The molecule has 2 atom stereocenters. The van der Waals surface area contributed by atoms with Crippen LogP contribution in [0.2, 0.25) is 0 Å². The molecule has 0 heterocycles. The summed E-state index contributed by atoms with van der Waals surface area (Å²) in [4.78, 5) is 0. The van der Waals surface area contributed by atoms with Crippen molar-refractivity contribution in [1.29, 1.82) is 0 Å². The third-order valence-corrected chi connectivity index (χ3v) is 4.57. The molecule has 6 heteroatoms. The first-order chi connectivity index (χ1) is 11.7. The van der Waals surface area contributed by atoms with Crippen molar-refractivity contribution in [3.05, 3.63) is 64.0 Å². The van der Waals surface area contributed by atoms with Crippen molar-refractivity contribution in [3.63, 3.8) is 0 Å². The van der Waals surface area contributed by atoms with Crippen molar-refractivity contribution in [2.45, 2.75) is 45.4 Å². The Morgan fingerprint density at radius 1 is 0.920 bits per heavy atom. The summed E-state index contributed by atoms with van der Waals surface area (Å²) in [5.74, 6) is -10.4. The molecule has 0 bridgehead atoms. The number of hydrogen-bond donors (Lipinski definition) is 1. The average Bonchev–Trinajstić information content (AvgIpc) is 2.59. The van der Waals surface area contributed by atoms with E-state index >= 15 is 0 Å². The van der Waals surface area contributed by atoms with E-state index in [0.29, 0.717) is 5.56 Å². The summed E-state index contributed by atoms with van der Waals surface area (Å²) in [5, 5.41) is 9.57. The Kier molecular flexibility index (Phi) is 5.70. The molecule has 1 N–H and O–H groups in total. The summed E-state index contributed by atoms with van der Waals surface area (Å²) in [5.41, 5.74) is 0.701.